The molecule has 1 heterocycles. The predicted molar refractivity (Wildman–Crippen MR) is 98.7 cm³/mol. The minimum Gasteiger partial charge on any atom is -0.508 e. The quantitative estimate of drug-likeness (QED) is 0.564. The van der Waals surface area contributed by atoms with E-state index in [-0.39, 0.29) is 11.5 Å². The number of carbonyl (C=O) groups excluding carboxylic acids is 1. The van der Waals surface area contributed by atoms with Gasteiger partial charge in [-0.1, -0.05) is 42.5 Å². The molecule has 3 rings (SSSR count). The van der Waals surface area contributed by atoms with Crippen molar-refractivity contribution in [1.82, 2.24) is 9.78 Å². The molecule has 0 aliphatic heterocycles. The van der Waals surface area contributed by atoms with Crippen molar-refractivity contribution >= 4 is 11.9 Å². The standard InChI is InChI=1S/C21H20N2O2/c1-15-20(11-12-21(25)18-9-6-10-19(24)13-18)16(2)23(22-15)14-17-7-4-3-5-8-17/h3-13,24H,14H2,1-2H3/b12-11+. The van der Waals surface area contributed by atoms with Crippen LogP contribution in [0.25, 0.3) is 6.08 Å². The first-order chi connectivity index (χ1) is 12.0. The Morgan fingerprint density at radius 1 is 1.12 bits per heavy atom. The molecule has 0 spiro atoms. The molecule has 4 heteroatoms. The molecule has 0 aliphatic rings. The van der Waals surface area contributed by atoms with E-state index in [2.05, 4.69) is 17.2 Å². The summed E-state index contributed by atoms with van der Waals surface area (Å²) in [4.78, 5) is 12.3. The molecular formula is C21H20N2O2. The molecule has 0 fully saturated rings. The lowest BCUT2D eigenvalue weighted by Crippen LogP contribution is -2.03. The molecule has 0 saturated heterocycles. The van der Waals surface area contributed by atoms with Gasteiger partial charge >= 0.3 is 0 Å². The Hall–Kier alpha value is -3.14. The van der Waals surface area contributed by atoms with Crippen LogP contribution in [0.3, 0.4) is 0 Å². The maximum atomic E-state index is 12.3. The summed E-state index contributed by atoms with van der Waals surface area (Å²) in [5.41, 5.74) is 4.49. The lowest BCUT2D eigenvalue weighted by atomic mass is 10.1. The molecular weight excluding hydrogens is 312 g/mol. The van der Waals surface area contributed by atoms with Gasteiger partial charge in [0.15, 0.2) is 5.78 Å². The van der Waals surface area contributed by atoms with Crippen molar-refractivity contribution in [2.24, 2.45) is 0 Å². The van der Waals surface area contributed by atoms with Gasteiger partial charge in [0.2, 0.25) is 0 Å². The molecule has 1 aromatic heterocycles. The molecule has 0 atom stereocenters. The van der Waals surface area contributed by atoms with Crippen molar-refractivity contribution in [3.05, 3.63) is 88.8 Å². The number of benzene rings is 2. The van der Waals surface area contributed by atoms with Crippen molar-refractivity contribution < 1.29 is 9.90 Å². The van der Waals surface area contributed by atoms with Gasteiger partial charge < -0.3 is 5.11 Å². The SMILES string of the molecule is Cc1nn(Cc2ccccc2)c(C)c1/C=C/C(=O)c1cccc(O)c1. The molecule has 0 bridgehead atoms. The zero-order valence-electron chi connectivity index (χ0n) is 14.3. The summed E-state index contributed by atoms with van der Waals surface area (Å²) in [5, 5.41) is 14.1. The van der Waals surface area contributed by atoms with Gasteiger partial charge in [-0.25, -0.2) is 0 Å². The Kier molecular flexibility index (Phi) is 4.80. The van der Waals surface area contributed by atoms with Crippen LogP contribution in [0.4, 0.5) is 0 Å². The number of nitrogens with zero attached hydrogens (tertiary/aromatic N) is 2. The summed E-state index contributed by atoms with van der Waals surface area (Å²) in [5.74, 6) is -0.0622. The molecule has 2 aromatic carbocycles. The molecule has 0 aliphatic carbocycles. The van der Waals surface area contributed by atoms with Crippen molar-refractivity contribution in [3.8, 4) is 5.75 Å². The van der Waals surface area contributed by atoms with Gasteiger partial charge in [0.1, 0.15) is 5.75 Å². The van der Waals surface area contributed by atoms with E-state index in [1.807, 2.05) is 36.7 Å². The zero-order valence-corrected chi connectivity index (χ0v) is 14.3. The van der Waals surface area contributed by atoms with Gasteiger partial charge in [-0.2, -0.15) is 5.10 Å². The number of phenols is 1. The smallest absolute Gasteiger partial charge is 0.185 e. The van der Waals surface area contributed by atoms with Crippen LogP contribution in [0.15, 0.2) is 60.7 Å². The van der Waals surface area contributed by atoms with Crippen LogP contribution in [0.2, 0.25) is 0 Å². The number of aromatic hydroxyl groups is 1. The van der Waals surface area contributed by atoms with Gasteiger partial charge in [-0.3, -0.25) is 9.48 Å². The first-order valence-electron chi connectivity index (χ1n) is 8.14. The Morgan fingerprint density at radius 3 is 2.60 bits per heavy atom. The van der Waals surface area contributed by atoms with Crippen LogP contribution >= 0.6 is 0 Å². The highest BCUT2D eigenvalue weighted by Gasteiger charge is 2.10. The minimum atomic E-state index is -0.148. The first-order valence-corrected chi connectivity index (χ1v) is 8.14. The summed E-state index contributed by atoms with van der Waals surface area (Å²) in [7, 11) is 0. The number of ketones is 1. The largest absolute Gasteiger partial charge is 0.508 e. The monoisotopic (exact) mass is 332 g/mol. The van der Waals surface area contributed by atoms with E-state index in [1.54, 1.807) is 24.3 Å². The lowest BCUT2D eigenvalue weighted by Gasteiger charge is -2.04. The van der Waals surface area contributed by atoms with E-state index in [0.29, 0.717) is 12.1 Å². The zero-order chi connectivity index (χ0) is 17.8. The van der Waals surface area contributed by atoms with Crippen LogP contribution in [0.5, 0.6) is 5.75 Å². The van der Waals surface area contributed by atoms with E-state index in [4.69, 9.17) is 0 Å². The Labute approximate surface area is 147 Å². The fourth-order valence-corrected chi connectivity index (χ4v) is 2.78. The van der Waals surface area contributed by atoms with Gasteiger partial charge in [0, 0.05) is 16.8 Å². The second-order valence-corrected chi connectivity index (χ2v) is 5.98. The number of hydrogen-bond acceptors (Lipinski definition) is 3. The third-order valence-corrected chi connectivity index (χ3v) is 4.14. The molecule has 0 amide bonds. The number of phenolic OH excluding ortho intramolecular Hbond substituents is 1. The van der Waals surface area contributed by atoms with Crippen molar-refractivity contribution in [3.63, 3.8) is 0 Å². The van der Waals surface area contributed by atoms with E-state index in [9.17, 15) is 9.90 Å². The van der Waals surface area contributed by atoms with Gasteiger partial charge in [-0.05, 0) is 43.7 Å². The van der Waals surface area contributed by atoms with E-state index in [1.165, 1.54) is 17.7 Å². The van der Waals surface area contributed by atoms with Crippen molar-refractivity contribution in [2.75, 3.05) is 0 Å². The highest BCUT2D eigenvalue weighted by atomic mass is 16.3. The van der Waals surface area contributed by atoms with Crippen LogP contribution < -0.4 is 0 Å². The molecule has 1 N–H and O–H groups in total. The number of hydrogen-bond donors (Lipinski definition) is 1. The molecule has 0 unspecified atom stereocenters. The van der Waals surface area contributed by atoms with Gasteiger partial charge in [0.25, 0.3) is 0 Å². The summed E-state index contributed by atoms with van der Waals surface area (Å²) < 4.78 is 1.95. The molecule has 25 heavy (non-hydrogen) atoms. The number of allylic oxidation sites excluding steroid dienone is 1. The molecule has 0 saturated carbocycles. The van der Waals surface area contributed by atoms with E-state index >= 15 is 0 Å². The van der Waals surface area contributed by atoms with E-state index < -0.39 is 0 Å². The Morgan fingerprint density at radius 2 is 1.88 bits per heavy atom. The third-order valence-electron chi connectivity index (χ3n) is 4.14. The van der Waals surface area contributed by atoms with Crippen LogP contribution in [0.1, 0.15) is 32.9 Å². The molecule has 4 nitrogen and oxygen atoms in total. The van der Waals surface area contributed by atoms with E-state index in [0.717, 1.165) is 17.0 Å². The maximum Gasteiger partial charge on any atom is 0.185 e. The molecule has 126 valence electrons. The highest BCUT2D eigenvalue weighted by Crippen LogP contribution is 2.18. The first kappa shape index (κ1) is 16.7. The van der Waals surface area contributed by atoms with Crippen molar-refractivity contribution in [1.29, 1.82) is 0 Å². The molecule has 3 aromatic rings. The fourth-order valence-electron chi connectivity index (χ4n) is 2.78. The lowest BCUT2D eigenvalue weighted by molar-refractivity contribution is 0.104. The predicted octanol–water partition coefficient (Wildman–Crippen LogP) is 4.15. The fraction of sp³-hybridized carbons (Fsp3) is 0.143. The Balaban J connectivity index is 1.82. The molecule has 0 radical (unpaired) electrons. The highest BCUT2D eigenvalue weighted by molar-refractivity contribution is 6.07. The number of aryl methyl sites for hydroxylation is 1. The Bertz CT molecular complexity index is 924. The van der Waals surface area contributed by atoms with Crippen LogP contribution in [-0.2, 0) is 6.54 Å². The van der Waals surface area contributed by atoms with Crippen LogP contribution in [0, 0.1) is 13.8 Å². The van der Waals surface area contributed by atoms with Gasteiger partial charge in [-0.15, -0.1) is 0 Å². The topological polar surface area (TPSA) is 55.1 Å². The number of aromatic nitrogens is 2. The minimum absolute atomic E-state index is 0.0855. The van der Waals surface area contributed by atoms with Gasteiger partial charge in [0.05, 0.1) is 12.2 Å². The normalized spacial score (nSPS) is 11.1. The summed E-state index contributed by atoms with van der Waals surface area (Å²) in [6, 6.07) is 16.5. The average Bonchev–Trinajstić information content (AvgIpc) is 2.87. The maximum absolute atomic E-state index is 12.3. The van der Waals surface area contributed by atoms with Crippen LogP contribution in [-0.4, -0.2) is 20.7 Å². The number of carbonyl (C=O) groups is 1. The second-order valence-electron chi connectivity index (χ2n) is 5.98. The average molecular weight is 332 g/mol. The third kappa shape index (κ3) is 3.86. The summed E-state index contributed by atoms with van der Waals surface area (Å²) in [6.07, 6.45) is 3.32. The summed E-state index contributed by atoms with van der Waals surface area (Å²) in [6.45, 7) is 4.64. The number of rotatable bonds is 5. The summed E-state index contributed by atoms with van der Waals surface area (Å²) >= 11 is 0. The van der Waals surface area contributed by atoms with Crippen molar-refractivity contribution in [2.45, 2.75) is 20.4 Å². The second kappa shape index (κ2) is 7.18.